The number of hydrogen-bond acceptors (Lipinski definition) is 2. The molecule has 0 amide bonds. The van der Waals surface area contributed by atoms with Gasteiger partial charge >= 0.3 is 0 Å². The zero-order chi connectivity index (χ0) is 7.44. The van der Waals surface area contributed by atoms with Gasteiger partial charge in [0.2, 0.25) is 5.70 Å². The van der Waals surface area contributed by atoms with E-state index in [9.17, 15) is 10.1 Å². The minimum Gasteiger partial charge on any atom is -0.259 e. The lowest BCUT2D eigenvalue weighted by molar-refractivity contribution is -0.424. The molecule has 0 aliphatic rings. The second-order valence-corrected chi connectivity index (χ2v) is 1.89. The monoisotopic (exact) mass is 127 g/mol. The van der Waals surface area contributed by atoms with Crippen LogP contribution in [0, 0.1) is 10.1 Å². The Labute approximate surface area is 53.8 Å². The highest BCUT2D eigenvalue weighted by Gasteiger charge is 1.98. The SMILES string of the molecule is C=C(C)/C=C(\C)[N+](=O)[O-]. The Morgan fingerprint density at radius 3 is 2.22 bits per heavy atom. The fourth-order valence-corrected chi connectivity index (χ4v) is 0.409. The van der Waals surface area contributed by atoms with E-state index in [1.165, 1.54) is 13.0 Å². The molecule has 0 rings (SSSR count). The van der Waals surface area contributed by atoms with Gasteiger partial charge in [-0.3, -0.25) is 10.1 Å². The van der Waals surface area contributed by atoms with Gasteiger partial charge in [0.25, 0.3) is 0 Å². The van der Waals surface area contributed by atoms with Gasteiger partial charge in [0.05, 0.1) is 4.92 Å². The van der Waals surface area contributed by atoms with Crippen LogP contribution in [0.2, 0.25) is 0 Å². The number of nitrogens with zero attached hydrogens (tertiary/aromatic N) is 1. The predicted octanol–water partition coefficient (Wildman–Crippen LogP) is 1.74. The molecule has 0 aliphatic heterocycles. The van der Waals surface area contributed by atoms with E-state index in [0.717, 1.165) is 0 Å². The van der Waals surface area contributed by atoms with E-state index >= 15 is 0 Å². The lowest BCUT2D eigenvalue weighted by Gasteiger charge is -1.87. The molecule has 0 N–H and O–H groups in total. The maximum Gasteiger partial charge on any atom is 0.243 e. The van der Waals surface area contributed by atoms with Crippen molar-refractivity contribution in [2.24, 2.45) is 0 Å². The van der Waals surface area contributed by atoms with Gasteiger partial charge in [-0.2, -0.15) is 0 Å². The predicted molar refractivity (Wildman–Crippen MR) is 35.6 cm³/mol. The molecule has 0 saturated heterocycles. The average molecular weight is 127 g/mol. The molecule has 0 fully saturated rings. The van der Waals surface area contributed by atoms with Crippen molar-refractivity contribution < 1.29 is 4.92 Å². The maximum absolute atomic E-state index is 9.93. The van der Waals surface area contributed by atoms with Gasteiger partial charge in [-0.25, -0.2) is 0 Å². The Morgan fingerprint density at radius 2 is 2.11 bits per heavy atom. The molecular weight excluding hydrogens is 118 g/mol. The van der Waals surface area contributed by atoms with E-state index in [1.807, 2.05) is 0 Å². The second-order valence-electron chi connectivity index (χ2n) is 1.89. The topological polar surface area (TPSA) is 43.1 Å². The number of nitro groups is 1. The third-order valence-corrected chi connectivity index (χ3v) is 0.743. The molecule has 0 saturated carbocycles. The summed E-state index contributed by atoms with van der Waals surface area (Å²) in [5.74, 6) is 0. The van der Waals surface area contributed by atoms with Crippen molar-refractivity contribution in [1.29, 1.82) is 0 Å². The molecule has 0 heterocycles. The van der Waals surface area contributed by atoms with Crippen molar-refractivity contribution in [3.8, 4) is 0 Å². The first-order valence-corrected chi connectivity index (χ1v) is 2.52. The summed E-state index contributed by atoms with van der Waals surface area (Å²) >= 11 is 0. The van der Waals surface area contributed by atoms with Gasteiger partial charge in [-0.05, 0) is 6.92 Å². The Balaban J connectivity index is 4.17. The minimum absolute atomic E-state index is 0.127. The van der Waals surface area contributed by atoms with E-state index in [1.54, 1.807) is 6.92 Å². The highest BCUT2D eigenvalue weighted by Crippen LogP contribution is 1.98. The first-order valence-electron chi connectivity index (χ1n) is 2.52. The Bertz CT molecular complexity index is 170. The molecule has 0 radical (unpaired) electrons. The zero-order valence-corrected chi connectivity index (χ0v) is 5.55. The van der Waals surface area contributed by atoms with Gasteiger partial charge in [0, 0.05) is 13.0 Å². The number of hydrogen-bond donors (Lipinski definition) is 0. The fraction of sp³-hybridized carbons (Fsp3) is 0.333. The van der Waals surface area contributed by atoms with Crippen molar-refractivity contribution in [3.63, 3.8) is 0 Å². The molecule has 9 heavy (non-hydrogen) atoms. The largest absolute Gasteiger partial charge is 0.259 e. The van der Waals surface area contributed by atoms with Crippen LogP contribution in [0.3, 0.4) is 0 Å². The molecule has 0 aromatic carbocycles. The lowest BCUT2D eigenvalue weighted by Crippen LogP contribution is -1.92. The summed E-state index contributed by atoms with van der Waals surface area (Å²) in [6.45, 7) is 6.65. The van der Waals surface area contributed by atoms with Crippen molar-refractivity contribution in [3.05, 3.63) is 34.0 Å². The van der Waals surface area contributed by atoms with Crippen LogP contribution < -0.4 is 0 Å². The van der Waals surface area contributed by atoms with E-state index in [4.69, 9.17) is 0 Å². The molecule has 0 aliphatic carbocycles. The van der Waals surface area contributed by atoms with Gasteiger partial charge in [0.1, 0.15) is 0 Å². The molecule has 0 aromatic rings. The van der Waals surface area contributed by atoms with Gasteiger partial charge < -0.3 is 0 Å². The van der Waals surface area contributed by atoms with Crippen LogP contribution in [0.15, 0.2) is 23.9 Å². The van der Waals surface area contributed by atoms with Crippen LogP contribution in [-0.2, 0) is 0 Å². The van der Waals surface area contributed by atoms with Crippen LogP contribution in [0.5, 0.6) is 0 Å². The summed E-state index contributed by atoms with van der Waals surface area (Å²) in [5.41, 5.74) is 0.826. The molecular formula is C6H9NO2. The van der Waals surface area contributed by atoms with Gasteiger partial charge in [-0.15, -0.1) is 0 Å². The summed E-state index contributed by atoms with van der Waals surface area (Å²) in [6.07, 6.45) is 1.43. The van der Waals surface area contributed by atoms with Crippen molar-refractivity contribution in [2.45, 2.75) is 13.8 Å². The molecule has 0 atom stereocenters. The summed E-state index contributed by atoms with van der Waals surface area (Å²) in [4.78, 5) is 9.50. The van der Waals surface area contributed by atoms with Crippen molar-refractivity contribution >= 4 is 0 Å². The van der Waals surface area contributed by atoms with Crippen LogP contribution in [0.1, 0.15) is 13.8 Å². The van der Waals surface area contributed by atoms with Gasteiger partial charge in [-0.1, -0.05) is 12.2 Å². The molecule has 0 aromatic heterocycles. The average Bonchev–Trinajstić information content (AvgIpc) is 1.63. The maximum atomic E-state index is 9.93. The highest BCUT2D eigenvalue weighted by molar-refractivity contribution is 5.12. The van der Waals surface area contributed by atoms with Crippen molar-refractivity contribution in [2.75, 3.05) is 0 Å². The van der Waals surface area contributed by atoms with Crippen molar-refractivity contribution in [1.82, 2.24) is 0 Å². The van der Waals surface area contributed by atoms with Crippen LogP contribution in [0.25, 0.3) is 0 Å². The molecule has 50 valence electrons. The van der Waals surface area contributed by atoms with Crippen LogP contribution in [0.4, 0.5) is 0 Å². The molecule has 0 unspecified atom stereocenters. The minimum atomic E-state index is -0.436. The molecule has 3 nitrogen and oxygen atoms in total. The van der Waals surface area contributed by atoms with E-state index in [0.29, 0.717) is 5.57 Å². The van der Waals surface area contributed by atoms with Gasteiger partial charge in [0.15, 0.2) is 0 Å². The fourth-order valence-electron chi connectivity index (χ4n) is 0.409. The Kier molecular flexibility index (Phi) is 2.64. The summed E-state index contributed by atoms with van der Waals surface area (Å²) in [6, 6.07) is 0. The third kappa shape index (κ3) is 3.46. The lowest BCUT2D eigenvalue weighted by atomic mass is 10.3. The van der Waals surface area contributed by atoms with E-state index in [-0.39, 0.29) is 5.70 Å². The summed E-state index contributed by atoms with van der Waals surface area (Å²) in [5, 5.41) is 9.93. The number of allylic oxidation sites excluding steroid dienone is 3. The van der Waals surface area contributed by atoms with E-state index in [2.05, 4.69) is 6.58 Å². The summed E-state index contributed by atoms with van der Waals surface area (Å²) < 4.78 is 0. The number of rotatable bonds is 2. The summed E-state index contributed by atoms with van der Waals surface area (Å²) in [7, 11) is 0. The Morgan fingerprint density at radius 1 is 1.67 bits per heavy atom. The quantitative estimate of drug-likeness (QED) is 0.322. The zero-order valence-electron chi connectivity index (χ0n) is 5.55. The van der Waals surface area contributed by atoms with Crippen LogP contribution in [-0.4, -0.2) is 4.92 Å². The first-order chi connectivity index (χ1) is 4.04. The normalized spacial score (nSPS) is 11.1. The third-order valence-electron chi connectivity index (χ3n) is 0.743. The Hall–Kier alpha value is -1.12. The molecule has 0 spiro atoms. The second kappa shape index (κ2) is 3.02. The van der Waals surface area contributed by atoms with Crippen LogP contribution >= 0.6 is 0 Å². The molecule has 3 heteroatoms. The first kappa shape index (κ1) is 7.88. The van der Waals surface area contributed by atoms with E-state index < -0.39 is 4.92 Å². The molecule has 0 bridgehead atoms. The highest BCUT2D eigenvalue weighted by atomic mass is 16.6. The smallest absolute Gasteiger partial charge is 0.243 e. The standard InChI is InChI=1S/C6H9NO2/c1-5(2)4-6(3)7(8)9/h4H,1H2,2-3H3/b6-4+.